The van der Waals surface area contributed by atoms with Crippen molar-refractivity contribution in [3.63, 3.8) is 0 Å². The summed E-state index contributed by atoms with van der Waals surface area (Å²) in [6.45, 7) is 5.52. The number of carbonyl (C=O) groups is 1. The number of rotatable bonds is 7. The zero-order valence-electron chi connectivity index (χ0n) is 12.8. The van der Waals surface area contributed by atoms with E-state index in [0.717, 1.165) is 18.4 Å². The Morgan fingerprint density at radius 1 is 1.38 bits per heavy atom. The third kappa shape index (κ3) is 5.51. The lowest BCUT2D eigenvalue weighted by molar-refractivity contribution is -0.384. The molecule has 1 aromatic carbocycles. The van der Waals surface area contributed by atoms with Gasteiger partial charge in [-0.3, -0.25) is 14.9 Å². The molecular weight excluding hydrogens is 270 g/mol. The number of nitrogens with one attached hydrogen (secondary N) is 1. The average Bonchev–Trinajstić information content (AvgIpc) is 2.39. The number of nitro groups is 1. The maximum Gasteiger partial charge on any atom is 0.293 e. The van der Waals surface area contributed by atoms with Gasteiger partial charge in [-0.15, -0.1) is 0 Å². The molecule has 21 heavy (non-hydrogen) atoms. The van der Waals surface area contributed by atoms with Crippen LogP contribution in [-0.4, -0.2) is 16.9 Å². The van der Waals surface area contributed by atoms with Crippen LogP contribution in [0.3, 0.4) is 0 Å². The van der Waals surface area contributed by atoms with Crippen LogP contribution < -0.4 is 11.1 Å². The van der Waals surface area contributed by atoms with E-state index in [-0.39, 0.29) is 29.2 Å². The van der Waals surface area contributed by atoms with Gasteiger partial charge >= 0.3 is 0 Å². The van der Waals surface area contributed by atoms with E-state index in [0.29, 0.717) is 6.42 Å². The Bertz CT molecular complexity index is 515. The highest BCUT2D eigenvalue weighted by atomic mass is 16.6. The summed E-state index contributed by atoms with van der Waals surface area (Å²) in [5.74, 6) is -0.406. The summed E-state index contributed by atoms with van der Waals surface area (Å²) in [6, 6.07) is 4.89. The van der Waals surface area contributed by atoms with Crippen LogP contribution >= 0.6 is 0 Å². The number of nitro benzene ring substituents is 1. The van der Waals surface area contributed by atoms with Gasteiger partial charge < -0.3 is 11.1 Å². The van der Waals surface area contributed by atoms with E-state index in [1.54, 1.807) is 19.1 Å². The van der Waals surface area contributed by atoms with E-state index in [1.165, 1.54) is 6.07 Å². The van der Waals surface area contributed by atoms with Crippen LogP contribution in [0.15, 0.2) is 18.2 Å². The summed E-state index contributed by atoms with van der Waals surface area (Å²) in [7, 11) is 0. The van der Waals surface area contributed by atoms with E-state index < -0.39 is 4.92 Å². The van der Waals surface area contributed by atoms with Crippen LogP contribution in [0.5, 0.6) is 0 Å². The molecule has 0 fully saturated rings. The van der Waals surface area contributed by atoms with E-state index in [4.69, 9.17) is 5.73 Å². The summed E-state index contributed by atoms with van der Waals surface area (Å²) in [4.78, 5) is 22.6. The molecular formula is C15H23N3O3. The minimum absolute atomic E-state index is 0.0777. The zero-order chi connectivity index (χ0) is 16.0. The van der Waals surface area contributed by atoms with Crippen molar-refractivity contribution < 1.29 is 9.72 Å². The first-order valence-corrected chi connectivity index (χ1v) is 7.12. The van der Waals surface area contributed by atoms with Gasteiger partial charge in [0.2, 0.25) is 5.91 Å². The Morgan fingerprint density at radius 2 is 2.05 bits per heavy atom. The van der Waals surface area contributed by atoms with E-state index >= 15 is 0 Å². The van der Waals surface area contributed by atoms with E-state index in [2.05, 4.69) is 5.32 Å². The second kappa shape index (κ2) is 7.73. The minimum Gasteiger partial charge on any atom is -0.328 e. The predicted molar refractivity (Wildman–Crippen MR) is 83.1 cm³/mol. The molecule has 0 heterocycles. The molecule has 6 heteroatoms. The Balaban J connectivity index is 2.68. The number of amides is 1. The molecule has 2 atom stereocenters. The van der Waals surface area contributed by atoms with Crippen molar-refractivity contribution in [1.29, 1.82) is 0 Å². The minimum atomic E-state index is -0.483. The van der Waals surface area contributed by atoms with Crippen molar-refractivity contribution >= 4 is 17.3 Å². The van der Waals surface area contributed by atoms with Crippen LogP contribution in [0, 0.1) is 23.0 Å². The first kappa shape index (κ1) is 17.1. The van der Waals surface area contributed by atoms with Crippen LogP contribution in [0.2, 0.25) is 0 Å². The molecule has 1 aromatic rings. The number of hydrogen-bond acceptors (Lipinski definition) is 4. The highest BCUT2D eigenvalue weighted by molar-refractivity contribution is 5.94. The van der Waals surface area contributed by atoms with Gasteiger partial charge in [0.1, 0.15) is 5.69 Å². The summed E-state index contributed by atoms with van der Waals surface area (Å²) in [5.41, 5.74) is 6.62. The molecule has 116 valence electrons. The Kier molecular flexibility index (Phi) is 6.30. The normalized spacial score (nSPS) is 13.5. The fourth-order valence-electron chi connectivity index (χ4n) is 2.03. The highest BCUT2D eigenvalue weighted by Gasteiger charge is 2.19. The summed E-state index contributed by atoms with van der Waals surface area (Å²) in [5, 5.41) is 13.7. The van der Waals surface area contributed by atoms with Gasteiger partial charge in [-0.25, -0.2) is 0 Å². The van der Waals surface area contributed by atoms with Crippen molar-refractivity contribution in [2.45, 2.75) is 46.1 Å². The number of benzene rings is 1. The number of nitrogens with zero attached hydrogens (tertiary/aromatic N) is 1. The third-order valence-corrected chi connectivity index (χ3v) is 3.35. The lowest BCUT2D eigenvalue weighted by Crippen LogP contribution is -2.22. The number of carbonyl (C=O) groups excluding carboxylic acids is 1. The first-order valence-electron chi connectivity index (χ1n) is 7.12. The van der Waals surface area contributed by atoms with Gasteiger partial charge in [-0.2, -0.15) is 0 Å². The van der Waals surface area contributed by atoms with Gasteiger partial charge in [0.25, 0.3) is 5.69 Å². The third-order valence-electron chi connectivity index (χ3n) is 3.35. The molecule has 0 saturated carbocycles. The molecule has 0 bridgehead atoms. The molecule has 1 rings (SSSR count). The summed E-state index contributed by atoms with van der Waals surface area (Å²) in [6.07, 6.45) is 2.44. The van der Waals surface area contributed by atoms with Crippen LogP contribution in [0.4, 0.5) is 11.4 Å². The Labute approximate surface area is 124 Å². The smallest absolute Gasteiger partial charge is 0.293 e. The largest absolute Gasteiger partial charge is 0.328 e. The molecule has 1 amide bonds. The summed E-state index contributed by atoms with van der Waals surface area (Å²) < 4.78 is 0. The Morgan fingerprint density at radius 3 is 2.62 bits per heavy atom. The molecule has 6 nitrogen and oxygen atoms in total. The first-order chi connectivity index (χ1) is 9.81. The van der Waals surface area contributed by atoms with Crippen molar-refractivity contribution in [3.05, 3.63) is 33.9 Å². The molecule has 0 aromatic heterocycles. The topological polar surface area (TPSA) is 98.3 Å². The molecule has 0 saturated heterocycles. The van der Waals surface area contributed by atoms with Crippen LogP contribution in [0.25, 0.3) is 0 Å². The predicted octanol–water partition coefficient (Wildman–Crippen LogP) is 3.00. The van der Waals surface area contributed by atoms with Crippen LogP contribution in [0.1, 0.15) is 38.7 Å². The van der Waals surface area contributed by atoms with E-state index in [9.17, 15) is 14.9 Å². The molecule has 0 aliphatic carbocycles. The number of anilines is 1. The number of aryl methyl sites for hydroxylation is 1. The monoisotopic (exact) mass is 293 g/mol. The summed E-state index contributed by atoms with van der Waals surface area (Å²) >= 11 is 0. The fraction of sp³-hybridized carbons (Fsp3) is 0.533. The van der Waals surface area contributed by atoms with Gasteiger partial charge in [0, 0.05) is 18.0 Å². The highest BCUT2D eigenvalue weighted by Crippen LogP contribution is 2.26. The molecule has 3 N–H and O–H groups in total. The lowest BCUT2D eigenvalue weighted by Gasteiger charge is -2.13. The van der Waals surface area contributed by atoms with Crippen molar-refractivity contribution in [2.24, 2.45) is 11.7 Å². The molecule has 2 unspecified atom stereocenters. The maximum absolute atomic E-state index is 12.1. The van der Waals surface area contributed by atoms with Gasteiger partial charge in [0.15, 0.2) is 0 Å². The lowest BCUT2D eigenvalue weighted by atomic mass is 10.0. The molecule has 0 aliphatic rings. The average molecular weight is 293 g/mol. The van der Waals surface area contributed by atoms with Gasteiger partial charge in [0.05, 0.1) is 4.92 Å². The maximum atomic E-state index is 12.1. The quantitative estimate of drug-likeness (QED) is 0.596. The van der Waals surface area contributed by atoms with Crippen LogP contribution in [-0.2, 0) is 4.79 Å². The van der Waals surface area contributed by atoms with Gasteiger partial charge in [-0.05, 0) is 38.3 Å². The van der Waals surface area contributed by atoms with Crippen molar-refractivity contribution in [2.75, 3.05) is 5.32 Å². The molecule has 0 spiro atoms. The SMILES string of the molecule is Cc1ccc(NC(=O)C(C)CCCC(C)N)c([N+](=O)[O-])c1. The number of nitrogens with two attached hydrogens (primary N) is 1. The van der Waals surface area contributed by atoms with Gasteiger partial charge in [-0.1, -0.05) is 19.4 Å². The second-order valence-electron chi connectivity index (χ2n) is 5.58. The molecule has 0 radical (unpaired) electrons. The fourth-order valence-corrected chi connectivity index (χ4v) is 2.03. The van der Waals surface area contributed by atoms with Crippen molar-refractivity contribution in [1.82, 2.24) is 0 Å². The van der Waals surface area contributed by atoms with Crippen molar-refractivity contribution in [3.8, 4) is 0 Å². The Hall–Kier alpha value is -1.95. The zero-order valence-corrected chi connectivity index (χ0v) is 12.8. The van der Waals surface area contributed by atoms with E-state index in [1.807, 2.05) is 13.8 Å². The standard InChI is InChI=1S/C15H23N3O3/c1-10-7-8-13(14(9-10)18(20)21)17-15(19)11(2)5-4-6-12(3)16/h7-9,11-12H,4-6,16H2,1-3H3,(H,17,19). The number of hydrogen-bond donors (Lipinski definition) is 2. The second-order valence-corrected chi connectivity index (χ2v) is 5.58. The molecule has 0 aliphatic heterocycles.